The van der Waals surface area contributed by atoms with Crippen molar-refractivity contribution in [2.24, 2.45) is 22.2 Å². The fourth-order valence-electron chi connectivity index (χ4n) is 7.04. The standard InChI is InChI=1S/C20H31N3O/c1-5-23-14(2)16(10-22-23)9-21-17(24)20-8-15-6-18(3,12-20)11-19(4,7-15)13-20/h10,15H,5-9,11-13H2,1-4H3,(H,21,24)/t15?,18-,19-,20?/m1/s1. The van der Waals surface area contributed by atoms with E-state index in [9.17, 15) is 4.79 Å². The lowest BCUT2D eigenvalue weighted by Crippen LogP contribution is -2.59. The quantitative estimate of drug-likeness (QED) is 0.912. The predicted molar refractivity (Wildman–Crippen MR) is 94.3 cm³/mol. The minimum atomic E-state index is -0.114. The van der Waals surface area contributed by atoms with E-state index < -0.39 is 0 Å². The second-order valence-corrected chi connectivity index (χ2v) is 9.66. The van der Waals surface area contributed by atoms with Gasteiger partial charge in [-0.05, 0) is 69.1 Å². The number of carbonyl (C=O) groups excluding carboxylic acids is 1. The van der Waals surface area contributed by atoms with E-state index in [-0.39, 0.29) is 5.41 Å². The summed E-state index contributed by atoms with van der Waals surface area (Å²) in [5.41, 5.74) is 2.97. The summed E-state index contributed by atoms with van der Waals surface area (Å²) in [5.74, 6) is 1.05. The largest absolute Gasteiger partial charge is 0.351 e. The number of nitrogens with one attached hydrogen (secondary N) is 1. The molecule has 4 fully saturated rings. The topological polar surface area (TPSA) is 46.9 Å². The molecule has 4 bridgehead atoms. The van der Waals surface area contributed by atoms with Crippen LogP contribution in [-0.2, 0) is 17.9 Å². The monoisotopic (exact) mass is 329 g/mol. The molecular formula is C20H31N3O. The first kappa shape index (κ1) is 16.2. The number of carbonyl (C=O) groups is 1. The van der Waals surface area contributed by atoms with Crippen LogP contribution in [0.4, 0.5) is 0 Å². The Kier molecular flexibility index (Phi) is 3.43. The first-order valence-electron chi connectivity index (χ1n) is 9.56. The van der Waals surface area contributed by atoms with Crippen LogP contribution in [-0.4, -0.2) is 15.7 Å². The van der Waals surface area contributed by atoms with E-state index in [1.807, 2.05) is 10.9 Å². The minimum Gasteiger partial charge on any atom is -0.351 e. The van der Waals surface area contributed by atoms with Crippen LogP contribution < -0.4 is 5.32 Å². The molecule has 0 spiro atoms. The van der Waals surface area contributed by atoms with Gasteiger partial charge in [0, 0.05) is 24.3 Å². The average Bonchev–Trinajstić information content (AvgIpc) is 2.81. The van der Waals surface area contributed by atoms with Crippen molar-refractivity contribution in [1.82, 2.24) is 15.1 Å². The zero-order valence-corrected chi connectivity index (χ0v) is 15.6. The second kappa shape index (κ2) is 5.09. The molecule has 4 aliphatic carbocycles. The summed E-state index contributed by atoms with van der Waals surface area (Å²) >= 11 is 0. The van der Waals surface area contributed by atoms with Crippen LogP contribution >= 0.6 is 0 Å². The maximum absolute atomic E-state index is 13.2. The van der Waals surface area contributed by atoms with Gasteiger partial charge in [0.15, 0.2) is 0 Å². The van der Waals surface area contributed by atoms with Crippen LogP contribution in [0.1, 0.15) is 70.6 Å². The lowest BCUT2D eigenvalue weighted by atomic mass is 9.40. The molecule has 0 unspecified atom stereocenters. The Bertz CT molecular complexity index is 658. The van der Waals surface area contributed by atoms with Crippen LogP contribution in [0.25, 0.3) is 0 Å². The maximum atomic E-state index is 13.2. The fraction of sp³-hybridized carbons (Fsp3) is 0.800. The van der Waals surface area contributed by atoms with E-state index >= 15 is 0 Å². The molecule has 4 aliphatic rings. The van der Waals surface area contributed by atoms with E-state index in [1.54, 1.807) is 0 Å². The molecule has 24 heavy (non-hydrogen) atoms. The van der Waals surface area contributed by atoms with Gasteiger partial charge in [-0.3, -0.25) is 9.48 Å². The molecule has 0 radical (unpaired) electrons. The third kappa shape index (κ3) is 2.41. The van der Waals surface area contributed by atoms with Crippen molar-refractivity contribution in [2.45, 2.75) is 79.3 Å². The first-order valence-corrected chi connectivity index (χ1v) is 9.56. The Morgan fingerprint density at radius 1 is 1.25 bits per heavy atom. The molecule has 4 nitrogen and oxygen atoms in total. The number of aromatic nitrogens is 2. The third-order valence-corrected chi connectivity index (χ3v) is 7.05. The first-order chi connectivity index (χ1) is 11.3. The highest BCUT2D eigenvalue weighted by molar-refractivity contribution is 5.83. The molecule has 132 valence electrons. The molecule has 0 saturated heterocycles. The van der Waals surface area contributed by atoms with Gasteiger partial charge >= 0.3 is 0 Å². The predicted octanol–water partition coefficient (Wildman–Crippen LogP) is 3.82. The molecule has 1 N–H and O–H groups in total. The highest BCUT2D eigenvalue weighted by Gasteiger charge is 2.62. The average molecular weight is 329 g/mol. The summed E-state index contributed by atoms with van der Waals surface area (Å²) in [6, 6.07) is 0. The number of hydrogen-bond donors (Lipinski definition) is 1. The molecule has 4 heteroatoms. The van der Waals surface area contributed by atoms with E-state index in [2.05, 4.69) is 38.1 Å². The number of amides is 1. The van der Waals surface area contributed by atoms with Gasteiger partial charge in [0.2, 0.25) is 5.91 Å². The van der Waals surface area contributed by atoms with Crippen molar-refractivity contribution in [3.63, 3.8) is 0 Å². The van der Waals surface area contributed by atoms with Crippen molar-refractivity contribution >= 4 is 5.91 Å². The van der Waals surface area contributed by atoms with E-state index in [0.29, 0.717) is 23.3 Å². The van der Waals surface area contributed by atoms with Crippen molar-refractivity contribution in [1.29, 1.82) is 0 Å². The molecule has 1 aromatic rings. The van der Waals surface area contributed by atoms with Crippen LogP contribution in [0.5, 0.6) is 0 Å². The number of aryl methyl sites for hydroxylation is 1. The van der Waals surface area contributed by atoms with Crippen LogP contribution in [0, 0.1) is 29.1 Å². The molecule has 0 aliphatic heterocycles. The molecular weight excluding hydrogens is 298 g/mol. The SMILES string of the molecule is CCn1ncc(CNC(=O)C23CC4C[C@@](C)(C2)C[C@@](C)(C4)C3)c1C. The van der Waals surface area contributed by atoms with Crippen LogP contribution in [0.15, 0.2) is 6.20 Å². The Balaban J connectivity index is 1.51. The highest BCUT2D eigenvalue weighted by Crippen LogP contribution is 2.69. The summed E-state index contributed by atoms with van der Waals surface area (Å²) in [6.45, 7) is 10.5. The van der Waals surface area contributed by atoms with Gasteiger partial charge in [-0.15, -0.1) is 0 Å². The minimum absolute atomic E-state index is 0.114. The molecule has 5 rings (SSSR count). The van der Waals surface area contributed by atoms with E-state index in [0.717, 1.165) is 37.3 Å². The molecule has 1 heterocycles. The van der Waals surface area contributed by atoms with Crippen molar-refractivity contribution in [3.05, 3.63) is 17.5 Å². The smallest absolute Gasteiger partial charge is 0.226 e. The molecule has 1 amide bonds. The summed E-state index contributed by atoms with van der Waals surface area (Å²) in [6.07, 6.45) is 9.17. The third-order valence-electron chi connectivity index (χ3n) is 7.05. The molecule has 0 aromatic carbocycles. The second-order valence-electron chi connectivity index (χ2n) is 9.66. The van der Waals surface area contributed by atoms with Gasteiger partial charge in [-0.2, -0.15) is 5.10 Å². The zero-order valence-electron chi connectivity index (χ0n) is 15.6. The van der Waals surface area contributed by atoms with E-state index in [4.69, 9.17) is 0 Å². The Morgan fingerprint density at radius 3 is 2.46 bits per heavy atom. The maximum Gasteiger partial charge on any atom is 0.226 e. The lowest BCUT2D eigenvalue weighted by molar-refractivity contribution is -0.170. The van der Waals surface area contributed by atoms with Gasteiger partial charge in [-0.25, -0.2) is 0 Å². The molecule has 1 aromatic heterocycles. The summed E-state index contributed by atoms with van der Waals surface area (Å²) in [4.78, 5) is 13.2. The lowest BCUT2D eigenvalue weighted by Gasteiger charge is -2.64. The van der Waals surface area contributed by atoms with Gasteiger partial charge in [0.05, 0.1) is 11.6 Å². The summed E-state index contributed by atoms with van der Waals surface area (Å²) in [5, 5.41) is 7.67. The van der Waals surface area contributed by atoms with Crippen molar-refractivity contribution in [3.8, 4) is 0 Å². The zero-order chi connectivity index (χ0) is 17.2. The van der Waals surface area contributed by atoms with Crippen molar-refractivity contribution in [2.75, 3.05) is 0 Å². The van der Waals surface area contributed by atoms with Gasteiger partial charge < -0.3 is 5.32 Å². The Labute approximate surface area is 145 Å². The van der Waals surface area contributed by atoms with E-state index in [1.165, 1.54) is 25.0 Å². The van der Waals surface area contributed by atoms with Gasteiger partial charge in [0.1, 0.15) is 0 Å². The highest BCUT2D eigenvalue weighted by atomic mass is 16.2. The van der Waals surface area contributed by atoms with Crippen molar-refractivity contribution < 1.29 is 4.79 Å². The van der Waals surface area contributed by atoms with Gasteiger partial charge in [-0.1, -0.05) is 13.8 Å². The number of hydrogen-bond acceptors (Lipinski definition) is 2. The normalized spacial score (nSPS) is 40.1. The summed E-state index contributed by atoms with van der Waals surface area (Å²) < 4.78 is 1.99. The molecule has 4 saturated carbocycles. The fourth-order valence-corrected chi connectivity index (χ4v) is 7.04. The van der Waals surface area contributed by atoms with Crippen LogP contribution in [0.2, 0.25) is 0 Å². The Hall–Kier alpha value is -1.32. The van der Waals surface area contributed by atoms with Gasteiger partial charge in [0.25, 0.3) is 0 Å². The number of nitrogens with zero attached hydrogens (tertiary/aromatic N) is 2. The Morgan fingerprint density at radius 2 is 1.92 bits per heavy atom. The van der Waals surface area contributed by atoms with Crippen LogP contribution in [0.3, 0.4) is 0 Å². The summed E-state index contributed by atoms with van der Waals surface area (Å²) in [7, 11) is 0. The number of rotatable bonds is 4. The molecule has 2 atom stereocenters.